The van der Waals surface area contributed by atoms with Crippen LogP contribution in [-0.4, -0.2) is 5.78 Å². The number of carbonyl (C=O) groups is 1. The number of rotatable bonds is 5. The van der Waals surface area contributed by atoms with Crippen LogP contribution in [0.1, 0.15) is 50.7 Å². The summed E-state index contributed by atoms with van der Waals surface area (Å²) in [5.41, 5.74) is 2.42. The van der Waals surface area contributed by atoms with Gasteiger partial charge in [-0.15, -0.1) is 0 Å². The molecule has 0 saturated carbocycles. The number of hydrogen-bond donors (Lipinski definition) is 0. The predicted octanol–water partition coefficient (Wildman–Crippen LogP) is 4.19. The molecular weight excluding hydrogens is 196 g/mol. The summed E-state index contributed by atoms with van der Waals surface area (Å²) in [5, 5.41) is 0. The smallest absolute Gasteiger partial charge is 0.155 e. The average molecular weight is 216 g/mol. The molecule has 0 amide bonds. The van der Waals surface area contributed by atoms with Gasteiger partial charge in [0.05, 0.1) is 0 Å². The van der Waals surface area contributed by atoms with E-state index in [1.165, 1.54) is 5.56 Å². The van der Waals surface area contributed by atoms with Gasteiger partial charge in [-0.2, -0.15) is 0 Å². The summed E-state index contributed by atoms with van der Waals surface area (Å²) >= 11 is 0. The molecule has 86 valence electrons. The highest BCUT2D eigenvalue weighted by atomic mass is 16.1. The van der Waals surface area contributed by atoms with E-state index in [0.717, 1.165) is 12.0 Å². The Morgan fingerprint density at radius 1 is 1.25 bits per heavy atom. The zero-order valence-corrected chi connectivity index (χ0v) is 10.4. The van der Waals surface area contributed by atoms with Gasteiger partial charge in [0.2, 0.25) is 0 Å². The van der Waals surface area contributed by atoms with E-state index in [4.69, 9.17) is 0 Å². The molecule has 0 aliphatic carbocycles. The summed E-state index contributed by atoms with van der Waals surface area (Å²) in [7, 11) is 0. The minimum absolute atomic E-state index is 0.204. The lowest BCUT2D eigenvalue weighted by Crippen LogP contribution is -1.90. The zero-order valence-electron chi connectivity index (χ0n) is 10.4. The van der Waals surface area contributed by atoms with Crippen molar-refractivity contribution in [2.45, 2.75) is 39.5 Å². The molecule has 0 N–H and O–H groups in total. The molecule has 0 aliphatic heterocycles. The first-order valence-corrected chi connectivity index (χ1v) is 5.94. The number of allylic oxidation sites excluding steroid dienone is 1. The van der Waals surface area contributed by atoms with E-state index in [2.05, 4.69) is 38.1 Å². The van der Waals surface area contributed by atoms with Gasteiger partial charge in [-0.3, -0.25) is 4.79 Å². The Balaban J connectivity index is 2.65. The number of benzene rings is 1. The van der Waals surface area contributed by atoms with E-state index in [1.54, 1.807) is 6.08 Å². The van der Waals surface area contributed by atoms with Crippen LogP contribution in [0.2, 0.25) is 0 Å². The predicted molar refractivity (Wildman–Crippen MR) is 69.5 cm³/mol. The van der Waals surface area contributed by atoms with Crippen molar-refractivity contribution in [2.24, 2.45) is 0 Å². The van der Waals surface area contributed by atoms with Gasteiger partial charge in [0.25, 0.3) is 0 Å². The van der Waals surface area contributed by atoms with Crippen molar-refractivity contribution in [1.29, 1.82) is 0 Å². The van der Waals surface area contributed by atoms with Crippen LogP contribution in [0.25, 0.3) is 6.08 Å². The molecule has 0 unspecified atom stereocenters. The molecule has 0 aromatic heterocycles. The minimum atomic E-state index is 0.204. The second-order valence-electron chi connectivity index (χ2n) is 4.37. The van der Waals surface area contributed by atoms with E-state index in [0.29, 0.717) is 12.3 Å². The van der Waals surface area contributed by atoms with Crippen LogP contribution >= 0.6 is 0 Å². The average Bonchev–Trinajstić information content (AvgIpc) is 2.27. The fourth-order valence-electron chi connectivity index (χ4n) is 1.51. The highest BCUT2D eigenvalue weighted by Crippen LogP contribution is 2.15. The molecule has 0 heterocycles. The molecule has 16 heavy (non-hydrogen) atoms. The van der Waals surface area contributed by atoms with E-state index in [1.807, 2.05) is 13.0 Å². The fourth-order valence-corrected chi connectivity index (χ4v) is 1.51. The Kier molecular flexibility index (Phi) is 4.97. The van der Waals surface area contributed by atoms with Gasteiger partial charge in [0.15, 0.2) is 5.78 Å². The molecule has 1 aromatic carbocycles. The summed E-state index contributed by atoms with van der Waals surface area (Å²) in [6.07, 6.45) is 5.12. The molecule has 1 aromatic rings. The SMILES string of the molecule is CCCC(=O)C=Cc1ccc(C(C)C)cc1. The van der Waals surface area contributed by atoms with Crippen LogP contribution in [0.3, 0.4) is 0 Å². The van der Waals surface area contributed by atoms with Gasteiger partial charge in [-0.25, -0.2) is 0 Å². The van der Waals surface area contributed by atoms with Crippen molar-refractivity contribution < 1.29 is 4.79 Å². The third kappa shape index (κ3) is 4.01. The summed E-state index contributed by atoms with van der Waals surface area (Å²) in [5.74, 6) is 0.759. The van der Waals surface area contributed by atoms with Gasteiger partial charge in [-0.1, -0.05) is 51.1 Å². The van der Waals surface area contributed by atoms with Crippen LogP contribution in [0.5, 0.6) is 0 Å². The van der Waals surface area contributed by atoms with Crippen LogP contribution < -0.4 is 0 Å². The first kappa shape index (κ1) is 12.7. The third-order valence-electron chi connectivity index (χ3n) is 2.56. The molecule has 0 bridgehead atoms. The van der Waals surface area contributed by atoms with Gasteiger partial charge in [0, 0.05) is 6.42 Å². The Morgan fingerprint density at radius 3 is 2.38 bits per heavy atom. The molecule has 1 heteroatoms. The monoisotopic (exact) mass is 216 g/mol. The van der Waals surface area contributed by atoms with Gasteiger partial charge in [-0.05, 0) is 29.5 Å². The lowest BCUT2D eigenvalue weighted by atomic mass is 10.0. The first-order valence-electron chi connectivity index (χ1n) is 5.94. The lowest BCUT2D eigenvalue weighted by molar-refractivity contribution is -0.114. The molecule has 0 spiro atoms. The van der Waals surface area contributed by atoms with Crippen molar-refractivity contribution in [3.63, 3.8) is 0 Å². The van der Waals surface area contributed by atoms with E-state index >= 15 is 0 Å². The molecular formula is C15H20O. The summed E-state index contributed by atoms with van der Waals surface area (Å²) in [6, 6.07) is 8.36. The van der Waals surface area contributed by atoms with Crippen LogP contribution in [0, 0.1) is 0 Å². The summed E-state index contributed by atoms with van der Waals surface area (Å²) in [4.78, 5) is 11.3. The highest BCUT2D eigenvalue weighted by Gasteiger charge is 1.97. The first-order chi connectivity index (χ1) is 7.63. The quantitative estimate of drug-likeness (QED) is 0.674. The second-order valence-corrected chi connectivity index (χ2v) is 4.37. The Hall–Kier alpha value is -1.37. The molecule has 0 saturated heterocycles. The molecule has 1 rings (SSSR count). The molecule has 0 atom stereocenters. The third-order valence-corrected chi connectivity index (χ3v) is 2.56. The molecule has 0 radical (unpaired) electrons. The molecule has 1 nitrogen and oxygen atoms in total. The minimum Gasteiger partial charge on any atom is -0.295 e. The van der Waals surface area contributed by atoms with Crippen molar-refractivity contribution in [2.75, 3.05) is 0 Å². The van der Waals surface area contributed by atoms with Crippen molar-refractivity contribution >= 4 is 11.9 Å². The maximum atomic E-state index is 11.3. The highest BCUT2D eigenvalue weighted by molar-refractivity contribution is 5.93. The van der Waals surface area contributed by atoms with Crippen molar-refractivity contribution in [1.82, 2.24) is 0 Å². The zero-order chi connectivity index (χ0) is 12.0. The van der Waals surface area contributed by atoms with Crippen LogP contribution in [0.4, 0.5) is 0 Å². The van der Waals surface area contributed by atoms with Gasteiger partial charge < -0.3 is 0 Å². The molecule has 0 aliphatic rings. The lowest BCUT2D eigenvalue weighted by Gasteiger charge is -2.04. The van der Waals surface area contributed by atoms with E-state index in [-0.39, 0.29) is 5.78 Å². The largest absolute Gasteiger partial charge is 0.295 e. The maximum absolute atomic E-state index is 11.3. The summed E-state index contributed by atoms with van der Waals surface area (Å²) in [6.45, 7) is 6.37. The maximum Gasteiger partial charge on any atom is 0.155 e. The Labute approximate surface area is 98.2 Å². The number of ketones is 1. The Morgan fingerprint density at radius 2 is 1.88 bits per heavy atom. The van der Waals surface area contributed by atoms with E-state index < -0.39 is 0 Å². The number of carbonyl (C=O) groups excluding carboxylic acids is 1. The van der Waals surface area contributed by atoms with Gasteiger partial charge >= 0.3 is 0 Å². The normalized spacial score (nSPS) is 11.2. The van der Waals surface area contributed by atoms with Crippen molar-refractivity contribution in [3.8, 4) is 0 Å². The summed E-state index contributed by atoms with van der Waals surface area (Å²) < 4.78 is 0. The number of hydrogen-bond acceptors (Lipinski definition) is 1. The van der Waals surface area contributed by atoms with Crippen LogP contribution in [0.15, 0.2) is 30.3 Å². The molecule has 0 fully saturated rings. The standard InChI is InChI=1S/C15H20O/c1-4-5-15(16)11-8-13-6-9-14(10-7-13)12(2)3/h6-12H,4-5H2,1-3H3. The topological polar surface area (TPSA) is 17.1 Å². The van der Waals surface area contributed by atoms with Gasteiger partial charge in [0.1, 0.15) is 0 Å². The fraction of sp³-hybridized carbons (Fsp3) is 0.400. The van der Waals surface area contributed by atoms with E-state index in [9.17, 15) is 4.79 Å². The van der Waals surface area contributed by atoms with Crippen molar-refractivity contribution in [3.05, 3.63) is 41.5 Å². The Bertz CT molecular complexity index is 358. The van der Waals surface area contributed by atoms with Crippen LogP contribution in [-0.2, 0) is 4.79 Å². The second kappa shape index (κ2) is 6.26.